The number of rotatable bonds is 6. The second-order valence-corrected chi connectivity index (χ2v) is 5.68. The third-order valence-corrected chi connectivity index (χ3v) is 3.95. The van der Waals surface area contributed by atoms with Crippen molar-refractivity contribution in [1.29, 1.82) is 0 Å². The molecule has 0 atom stereocenters. The van der Waals surface area contributed by atoms with Gasteiger partial charge in [-0.05, 0) is 31.4 Å². The summed E-state index contributed by atoms with van der Waals surface area (Å²) in [6.45, 7) is 4.71. The van der Waals surface area contributed by atoms with E-state index in [0.717, 1.165) is 25.3 Å². The molecule has 1 aliphatic rings. The molecule has 2 aromatic rings. The molecule has 0 aliphatic heterocycles. The molecule has 2 heterocycles. The van der Waals surface area contributed by atoms with Gasteiger partial charge in [0.05, 0.1) is 24.5 Å². The van der Waals surface area contributed by atoms with Gasteiger partial charge in [-0.25, -0.2) is 0 Å². The van der Waals surface area contributed by atoms with Crippen LogP contribution in [0.15, 0.2) is 24.7 Å². The molecule has 0 unspecified atom stereocenters. The van der Waals surface area contributed by atoms with E-state index in [2.05, 4.69) is 45.6 Å². The van der Waals surface area contributed by atoms with Gasteiger partial charge in [-0.3, -0.25) is 9.36 Å². The zero-order valence-electron chi connectivity index (χ0n) is 12.1. The van der Waals surface area contributed by atoms with E-state index in [1.165, 1.54) is 31.2 Å². The van der Waals surface area contributed by atoms with Gasteiger partial charge in [0.2, 0.25) is 0 Å². The van der Waals surface area contributed by atoms with Gasteiger partial charge >= 0.3 is 0 Å². The molecule has 20 heavy (non-hydrogen) atoms. The molecular weight excluding hydrogens is 250 g/mol. The van der Waals surface area contributed by atoms with E-state index in [1.807, 2.05) is 10.9 Å². The van der Waals surface area contributed by atoms with E-state index in [-0.39, 0.29) is 0 Å². The fraction of sp³-hybridized carbons (Fsp3) is 0.600. The summed E-state index contributed by atoms with van der Waals surface area (Å²) in [5.41, 5.74) is 2.34. The predicted octanol–water partition coefficient (Wildman–Crippen LogP) is 2.29. The highest BCUT2D eigenvalue weighted by molar-refractivity contribution is 5.00. The van der Waals surface area contributed by atoms with Crippen molar-refractivity contribution in [1.82, 2.24) is 24.9 Å². The monoisotopic (exact) mass is 273 g/mol. The van der Waals surface area contributed by atoms with Crippen LogP contribution < -0.4 is 5.32 Å². The minimum absolute atomic E-state index is 0.635. The lowest BCUT2D eigenvalue weighted by Gasteiger charge is -2.09. The van der Waals surface area contributed by atoms with Crippen LogP contribution in [0, 0.1) is 6.92 Å². The molecule has 2 aromatic heterocycles. The topological polar surface area (TPSA) is 47.7 Å². The van der Waals surface area contributed by atoms with E-state index in [4.69, 9.17) is 0 Å². The first-order chi connectivity index (χ1) is 9.81. The molecule has 0 aromatic carbocycles. The highest BCUT2D eigenvalue weighted by Crippen LogP contribution is 2.28. The lowest BCUT2D eigenvalue weighted by atomic mass is 10.3. The maximum Gasteiger partial charge on any atom is 0.0762 e. The van der Waals surface area contributed by atoms with Crippen molar-refractivity contribution in [3.8, 4) is 0 Å². The molecule has 0 saturated heterocycles. The molecule has 1 N–H and O–H groups in total. The Morgan fingerprint density at radius 1 is 1.35 bits per heavy atom. The largest absolute Gasteiger partial charge is 0.309 e. The normalized spacial score (nSPS) is 16.1. The van der Waals surface area contributed by atoms with Crippen LogP contribution in [0.5, 0.6) is 0 Å². The van der Waals surface area contributed by atoms with Crippen LogP contribution in [-0.2, 0) is 13.1 Å². The van der Waals surface area contributed by atoms with E-state index in [9.17, 15) is 0 Å². The third kappa shape index (κ3) is 3.28. The molecule has 1 saturated carbocycles. The maximum absolute atomic E-state index is 4.67. The molecule has 0 spiro atoms. The van der Waals surface area contributed by atoms with Gasteiger partial charge in [-0.1, -0.05) is 12.8 Å². The van der Waals surface area contributed by atoms with Gasteiger partial charge in [-0.2, -0.15) is 10.2 Å². The summed E-state index contributed by atoms with van der Waals surface area (Å²) in [6, 6.07) is 2.76. The van der Waals surface area contributed by atoms with Crippen molar-refractivity contribution in [2.75, 3.05) is 6.54 Å². The Morgan fingerprint density at radius 3 is 2.95 bits per heavy atom. The molecule has 0 amide bonds. The van der Waals surface area contributed by atoms with Crippen molar-refractivity contribution < 1.29 is 0 Å². The highest BCUT2D eigenvalue weighted by atomic mass is 15.3. The van der Waals surface area contributed by atoms with Crippen molar-refractivity contribution >= 4 is 0 Å². The van der Waals surface area contributed by atoms with Crippen LogP contribution in [0.25, 0.3) is 0 Å². The number of nitrogens with one attached hydrogen (secondary N) is 1. The number of hydrogen-bond acceptors (Lipinski definition) is 3. The molecular formula is C15H23N5. The maximum atomic E-state index is 4.67. The molecule has 0 radical (unpaired) electrons. The van der Waals surface area contributed by atoms with Gasteiger partial charge in [0.1, 0.15) is 0 Å². The van der Waals surface area contributed by atoms with Crippen LogP contribution in [-0.4, -0.2) is 26.1 Å². The average Bonchev–Trinajstić information content (AvgIpc) is 3.16. The SMILES string of the molecule is Cc1cnn(CCNCc2ccn(C3CCCC3)n2)c1. The average molecular weight is 273 g/mol. The van der Waals surface area contributed by atoms with Crippen LogP contribution in [0.4, 0.5) is 0 Å². The lowest BCUT2D eigenvalue weighted by molar-refractivity contribution is 0.459. The minimum Gasteiger partial charge on any atom is -0.309 e. The molecule has 5 heteroatoms. The van der Waals surface area contributed by atoms with Crippen LogP contribution in [0.3, 0.4) is 0 Å². The van der Waals surface area contributed by atoms with Crippen molar-refractivity contribution in [2.45, 2.75) is 51.7 Å². The number of hydrogen-bond donors (Lipinski definition) is 1. The second kappa shape index (κ2) is 6.22. The summed E-state index contributed by atoms with van der Waals surface area (Å²) in [5.74, 6) is 0. The Kier molecular flexibility index (Phi) is 4.16. The molecule has 1 fully saturated rings. The van der Waals surface area contributed by atoms with Gasteiger partial charge in [0, 0.05) is 25.5 Å². The second-order valence-electron chi connectivity index (χ2n) is 5.68. The molecule has 108 valence electrons. The van der Waals surface area contributed by atoms with Crippen molar-refractivity contribution in [3.05, 3.63) is 35.9 Å². The van der Waals surface area contributed by atoms with E-state index >= 15 is 0 Å². The van der Waals surface area contributed by atoms with E-state index in [1.54, 1.807) is 0 Å². The first kappa shape index (κ1) is 13.4. The third-order valence-electron chi connectivity index (χ3n) is 3.95. The minimum atomic E-state index is 0.635. The molecule has 0 bridgehead atoms. The fourth-order valence-electron chi connectivity index (χ4n) is 2.84. The fourth-order valence-corrected chi connectivity index (χ4v) is 2.84. The number of nitrogens with zero attached hydrogens (tertiary/aromatic N) is 4. The summed E-state index contributed by atoms with van der Waals surface area (Å²) < 4.78 is 4.13. The first-order valence-electron chi connectivity index (χ1n) is 7.55. The number of aromatic nitrogens is 4. The van der Waals surface area contributed by atoms with Crippen molar-refractivity contribution in [2.24, 2.45) is 0 Å². The summed E-state index contributed by atoms with van der Waals surface area (Å²) in [6.07, 6.45) is 11.4. The first-order valence-corrected chi connectivity index (χ1v) is 7.55. The Bertz CT molecular complexity index is 536. The van der Waals surface area contributed by atoms with Crippen LogP contribution in [0.2, 0.25) is 0 Å². The molecule has 5 nitrogen and oxygen atoms in total. The summed E-state index contributed by atoms with van der Waals surface area (Å²) in [4.78, 5) is 0. The predicted molar refractivity (Wildman–Crippen MR) is 78.4 cm³/mol. The van der Waals surface area contributed by atoms with E-state index < -0.39 is 0 Å². The summed E-state index contributed by atoms with van der Waals surface area (Å²) >= 11 is 0. The number of aryl methyl sites for hydroxylation is 1. The van der Waals surface area contributed by atoms with Gasteiger partial charge < -0.3 is 5.32 Å². The van der Waals surface area contributed by atoms with Gasteiger partial charge in [0.15, 0.2) is 0 Å². The molecule has 1 aliphatic carbocycles. The van der Waals surface area contributed by atoms with Gasteiger partial charge in [-0.15, -0.1) is 0 Å². The van der Waals surface area contributed by atoms with E-state index in [0.29, 0.717) is 6.04 Å². The van der Waals surface area contributed by atoms with Crippen molar-refractivity contribution in [3.63, 3.8) is 0 Å². The highest BCUT2D eigenvalue weighted by Gasteiger charge is 2.17. The van der Waals surface area contributed by atoms with Gasteiger partial charge in [0.25, 0.3) is 0 Å². The standard InChI is InChI=1S/C15H23N5/c1-13-10-17-19(12-13)9-7-16-11-14-6-8-20(18-14)15-4-2-3-5-15/h6,8,10,12,15-16H,2-5,7,9,11H2,1H3. The quantitative estimate of drug-likeness (QED) is 0.822. The molecule has 3 rings (SSSR count). The Hall–Kier alpha value is -1.62. The smallest absolute Gasteiger partial charge is 0.0762 e. The van der Waals surface area contributed by atoms with Crippen LogP contribution >= 0.6 is 0 Å². The zero-order valence-corrected chi connectivity index (χ0v) is 12.1. The Balaban J connectivity index is 1.42. The summed E-state index contributed by atoms with van der Waals surface area (Å²) in [5, 5.41) is 12.4. The Labute approximate surface area is 120 Å². The Morgan fingerprint density at radius 2 is 2.20 bits per heavy atom. The summed E-state index contributed by atoms with van der Waals surface area (Å²) in [7, 11) is 0. The van der Waals surface area contributed by atoms with Crippen LogP contribution in [0.1, 0.15) is 43.0 Å². The zero-order chi connectivity index (χ0) is 13.8. The lowest BCUT2D eigenvalue weighted by Crippen LogP contribution is -2.20.